The lowest BCUT2D eigenvalue weighted by atomic mass is 10.2. The Hall–Kier alpha value is -1.89. The number of tetrazole rings is 1. The fraction of sp³-hybridized carbons (Fsp3) is 0.111. The largest absolute Gasteiger partial charge is 0.296 e. The van der Waals surface area contributed by atoms with E-state index in [4.69, 9.17) is 0 Å². The van der Waals surface area contributed by atoms with E-state index in [0.717, 1.165) is 10.5 Å². The van der Waals surface area contributed by atoms with Crippen molar-refractivity contribution < 1.29 is 4.79 Å². The van der Waals surface area contributed by atoms with Gasteiger partial charge in [0.2, 0.25) is 11.7 Å². The zero-order valence-electron chi connectivity index (χ0n) is 8.47. The molecule has 7 heteroatoms. The number of carbonyl (C=O) groups is 1. The van der Waals surface area contributed by atoms with Crippen LogP contribution in [-0.4, -0.2) is 26.5 Å². The van der Waals surface area contributed by atoms with Gasteiger partial charge in [-0.3, -0.25) is 9.52 Å². The van der Waals surface area contributed by atoms with Crippen molar-refractivity contribution in [3.63, 3.8) is 0 Å². The van der Waals surface area contributed by atoms with Crippen LogP contribution >= 0.6 is 11.9 Å². The topological polar surface area (TPSA) is 83.6 Å². The van der Waals surface area contributed by atoms with E-state index >= 15 is 0 Å². The van der Waals surface area contributed by atoms with Gasteiger partial charge in [0.15, 0.2) is 0 Å². The number of benzene rings is 1. The molecule has 1 heterocycles. The van der Waals surface area contributed by atoms with Crippen LogP contribution in [0.3, 0.4) is 0 Å². The maximum absolute atomic E-state index is 10.8. The lowest BCUT2D eigenvalue weighted by molar-refractivity contribution is -0.117. The fourth-order valence-corrected chi connectivity index (χ4v) is 1.81. The molecule has 0 radical (unpaired) electrons. The Bertz CT molecular complexity index is 484. The molecule has 2 rings (SSSR count). The highest BCUT2D eigenvalue weighted by molar-refractivity contribution is 7.98. The summed E-state index contributed by atoms with van der Waals surface area (Å²) in [5.41, 5.74) is 0.829. The monoisotopic (exact) mass is 235 g/mol. The van der Waals surface area contributed by atoms with Crippen LogP contribution in [0.15, 0.2) is 29.2 Å². The van der Waals surface area contributed by atoms with Crippen LogP contribution in [0.1, 0.15) is 6.92 Å². The number of amides is 1. The van der Waals surface area contributed by atoms with Crippen molar-refractivity contribution in [2.24, 2.45) is 0 Å². The van der Waals surface area contributed by atoms with Crippen LogP contribution in [-0.2, 0) is 4.79 Å². The summed E-state index contributed by atoms with van der Waals surface area (Å²) >= 11 is 1.23. The van der Waals surface area contributed by atoms with Crippen molar-refractivity contribution in [3.8, 4) is 11.4 Å². The average Bonchev–Trinajstić information content (AvgIpc) is 2.80. The summed E-state index contributed by atoms with van der Waals surface area (Å²) in [7, 11) is 0. The van der Waals surface area contributed by atoms with Gasteiger partial charge in [0, 0.05) is 17.4 Å². The van der Waals surface area contributed by atoms with Crippen LogP contribution in [0.2, 0.25) is 0 Å². The third-order valence-electron chi connectivity index (χ3n) is 1.78. The summed E-state index contributed by atoms with van der Waals surface area (Å²) in [6.07, 6.45) is 0. The van der Waals surface area contributed by atoms with Gasteiger partial charge < -0.3 is 0 Å². The zero-order chi connectivity index (χ0) is 11.4. The fourth-order valence-electron chi connectivity index (χ4n) is 1.14. The van der Waals surface area contributed by atoms with E-state index in [1.807, 2.05) is 24.3 Å². The molecule has 0 spiro atoms. The van der Waals surface area contributed by atoms with Gasteiger partial charge in [0.05, 0.1) is 0 Å². The highest BCUT2D eigenvalue weighted by atomic mass is 32.2. The SMILES string of the molecule is CC(=O)NSc1ccccc1-c1nn[nH]n1. The van der Waals surface area contributed by atoms with Gasteiger partial charge in [-0.25, -0.2) is 0 Å². The molecule has 2 aromatic rings. The Labute approximate surface area is 96.0 Å². The molecule has 0 aliphatic heterocycles. The minimum atomic E-state index is -0.104. The molecule has 0 saturated carbocycles. The standard InChI is InChI=1S/C9H9N5OS/c1-6(15)12-16-8-5-3-2-4-7(8)9-10-13-14-11-9/h2-5H,1H3,(H,12,15)(H,10,11,13,14). The second kappa shape index (κ2) is 4.75. The van der Waals surface area contributed by atoms with Crippen LogP contribution < -0.4 is 4.72 Å². The molecule has 0 aliphatic carbocycles. The van der Waals surface area contributed by atoms with E-state index in [1.54, 1.807) is 0 Å². The van der Waals surface area contributed by atoms with Crippen molar-refractivity contribution in [2.75, 3.05) is 0 Å². The van der Waals surface area contributed by atoms with E-state index in [9.17, 15) is 4.79 Å². The Kier molecular flexibility index (Phi) is 3.16. The van der Waals surface area contributed by atoms with Crippen LogP contribution in [0, 0.1) is 0 Å². The van der Waals surface area contributed by atoms with Gasteiger partial charge in [-0.1, -0.05) is 12.1 Å². The van der Waals surface area contributed by atoms with Crippen LogP contribution in [0.25, 0.3) is 11.4 Å². The molecule has 2 N–H and O–H groups in total. The predicted octanol–water partition coefficient (Wildman–Crippen LogP) is 1.01. The first-order chi connectivity index (χ1) is 7.77. The minimum Gasteiger partial charge on any atom is -0.296 e. The molecule has 0 saturated heterocycles. The Morgan fingerprint density at radius 3 is 2.94 bits per heavy atom. The number of carbonyl (C=O) groups excluding carboxylic acids is 1. The lowest BCUT2D eigenvalue weighted by Gasteiger charge is -2.04. The quantitative estimate of drug-likeness (QED) is 0.776. The molecule has 1 amide bonds. The number of aromatic nitrogens is 4. The van der Waals surface area contributed by atoms with Gasteiger partial charge in [-0.15, -0.1) is 10.2 Å². The molecule has 0 bridgehead atoms. The predicted molar refractivity (Wildman–Crippen MR) is 59.3 cm³/mol. The van der Waals surface area contributed by atoms with Gasteiger partial charge in [0.1, 0.15) is 0 Å². The number of hydrogen-bond acceptors (Lipinski definition) is 5. The van der Waals surface area contributed by atoms with E-state index in [1.165, 1.54) is 18.9 Å². The van der Waals surface area contributed by atoms with Crippen molar-refractivity contribution >= 4 is 17.9 Å². The second-order valence-corrected chi connectivity index (χ2v) is 3.84. The Morgan fingerprint density at radius 2 is 2.25 bits per heavy atom. The molecule has 0 fully saturated rings. The number of aromatic amines is 1. The molecule has 1 aromatic heterocycles. The number of hydrogen-bond donors (Lipinski definition) is 2. The summed E-state index contributed by atoms with van der Waals surface area (Å²) in [5, 5.41) is 13.7. The van der Waals surface area contributed by atoms with Crippen molar-refractivity contribution in [1.29, 1.82) is 0 Å². The third kappa shape index (κ3) is 2.37. The zero-order valence-corrected chi connectivity index (χ0v) is 9.28. The van der Waals surface area contributed by atoms with E-state index in [2.05, 4.69) is 25.3 Å². The first kappa shape index (κ1) is 10.6. The molecule has 6 nitrogen and oxygen atoms in total. The Balaban J connectivity index is 2.27. The summed E-state index contributed by atoms with van der Waals surface area (Å²) in [6.45, 7) is 1.46. The summed E-state index contributed by atoms with van der Waals surface area (Å²) in [5.74, 6) is 0.404. The molecule has 16 heavy (non-hydrogen) atoms. The van der Waals surface area contributed by atoms with E-state index in [-0.39, 0.29) is 5.91 Å². The average molecular weight is 235 g/mol. The van der Waals surface area contributed by atoms with Crippen LogP contribution in [0.5, 0.6) is 0 Å². The van der Waals surface area contributed by atoms with Gasteiger partial charge >= 0.3 is 0 Å². The summed E-state index contributed by atoms with van der Waals surface area (Å²) in [6, 6.07) is 7.51. The van der Waals surface area contributed by atoms with Crippen molar-refractivity contribution in [2.45, 2.75) is 11.8 Å². The number of rotatable bonds is 3. The van der Waals surface area contributed by atoms with E-state index in [0.29, 0.717) is 5.82 Å². The minimum absolute atomic E-state index is 0.104. The van der Waals surface area contributed by atoms with Crippen molar-refractivity contribution in [1.82, 2.24) is 25.3 Å². The maximum Gasteiger partial charge on any atom is 0.226 e. The van der Waals surface area contributed by atoms with Crippen molar-refractivity contribution in [3.05, 3.63) is 24.3 Å². The first-order valence-corrected chi connectivity index (χ1v) is 5.35. The highest BCUT2D eigenvalue weighted by Crippen LogP contribution is 2.26. The lowest BCUT2D eigenvalue weighted by Crippen LogP contribution is -2.10. The Morgan fingerprint density at radius 1 is 1.44 bits per heavy atom. The highest BCUT2D eigenvalue weighted by Gasteiger charge is 2.09. The number of nitrogens with zero attached hydrogens (tertiary/aromatic N) is 3. The van der Waals surface area contributed by atoms with Crippen LogP contribution in [0.4, 0.5) is 0 Å². The molecule has 0 atom stereocenters. The smallest absolute Gasteiger partial charge is 0.226 e. The second-order valence-electron chi connectivity index (χ2n) is 2.99. The van der Waals surface area contributed by atoms with Gasteiger partial charge in [-0.05, 0) is 29.3 Å². The molecule has 1 aromatic carbocycles. The normalized spacial score (nSPS) is 10.1. The van der Waals surface area contributed by atoms with E-state index < -0.39 is 0 Å². The number of H-pyrrole nitrogens is 1. The van der Waals surface area contributed by atoms with Gasteiger partial charge in [-0.2, -0.15) is 5.21 Å². The maximum atomic E-state index is 10.8. The summed E-state index contributed by atoms with van der Waals surface area (Å²) in [4.78, 5) is 11.7. The molecule has 0 unspecified atom stereocenters. The molecule has 82 valence electrons. The molecular weight excluding hydrogens is 226 g/mol. The third-order valence-corrected chi connectivity index (χ3v) is 2.74. The first-order valence-electron chi connectivity index (χ1n) is 4.53. The number of nitrogens with one attached hydrogen (secondary N) is 2. The summed E-state index contributed by atoms with van der Waals surface area (Å²) < 4.78 is 2.66. The molecule has 0 aliphatic rings. The molecular formula is C9H9N5OS. The van der Waals surface area contributed by atoms with Gasteiger partial charge in [0.25, 0.3) is 0 Å².